The van der Waals surface area contributed by atoms with Gasteiger partial charge in [0.25, 0.3) is 0 Å². The molecule has 3 nitrogen and oxygen atoms in total. The third-order valence-electron chi connectivity index (χ3n) is 3.70. The lowest BCUT2D eigenvalue weighted by atomic mass is 9.89. The SMILES string of the molecule is COC(=O)[C@@H](CC[C@@H](C)CCC(C)=O)c1ccc(Cl)cc1. The van der Waals surface area contributed by atoms with Crippen molar-refractivity contribution in [2.45, 2.75) is 45.4 Å². The lowest BCUT2D eigenvalue weighted by molar-refractivity contribution is -0.142. The smallest absolute Gasteiger partial charge is 0.313 e. The van der Waals surface area contributed by atoms with Gasteiger partial charge in [0.1, 0.15) is 5.78 Å². The van der Waals surface area contributed by atoms with Gasteiger partial charge in [-0.2, -0.15) is 0 Å². The van der Waals surface area contributed by atoms with E-state index < -0.39 is 0 Å². The van der Waals surface area contributed by atoms with E-state index in [0.717, 1.165) is 18.4 Å². The Morgan fingerprint density at radius 3 is 2.29 bits per heavy atom. The summed E-state index contributed by atoms with van der Waals surface area (Å²) >= 11 is 5.88. The van der Waals surface area contributed by atoms with Gasteiger partial charge in [0, 0.05) is 11.4 Å². The molecule has 0 aromatic heterocycles. The zero-order valence-electron chi connectivity index (χ0n) is 12.9. The zero-order chi connectivity index (χ0) is 15.8. The van der Waals surface area contributed by atoms with Gasteiger partial charge >= 0.3 is 5.97 Å². The monoisotopic (exact) mass is 310 g/mol. The van der Waals surface area contributed by atoms with Gasteiger partial charge in [-0.3, -0.25) is 4.79 Å². The number of methoxy groups -OCH3 is 1. The van der Waals surface area contributed by atoms with Gasteiger partial charge in [-0.1, -0.05) is 30.7 Å². The predicted molar refractivity (Wildman–Crippen MR) is 84.5 cm³/mol. The van der Waals surface area contributed by atoms with Crippen molar-refractivity contribution in [3.05, 3.63) is 34.9 Å². The number of carbonyl (C=O) groups excluding carboxylic acids is 2. The van der Waals surface area contributed by atoms with Gasteiger partial charge in [-0.15, -0.1) is 0 Å². The maximum absolute atomic E-state index is 12.0. The second kappa shape index (κ2) is 8.83. The Morgan fingerprint density at radius 1 is 1.14 bits per heavy atom. The average Bonchev–Trinajstić information content (AvgIpc) is 2.46. The fourth-order valence-corrected chi connectivity index (χ4v) is 2.43. The lowest BCUT2D eigenvalue weighted by Crippen LogP contribution is -2.15. The Balaban J connectivity index is 2.65. The molecule has 2 atom stereocenters. The molecular formula is C17H23ClO3. The standard InChI is InChI=1S/C17H23ClO3/c1-12(4-6-13(2)19)5-11-16(17(20)21-3)14-7-9-15(18)10-8-14/h7-10,12,16H,4-6,11H2,1-3H3/t12-,16-/m0/s1. The molecule has 21 heavy (non-hydrogen) atoms. The molecule has 0 aliphatic rings. The summed E-state index contributed by atoms with van der Waals surface area (Å²) in [6.07, 6.45) is 3.07. The van der Waals surface area contributed by atoms with E-state index in [1.165, 1.54) is 7.11 Å². The Labute approximate surface area is 131 Å². The number of hydrogen-bond acceptors (Lipinski definition) is 3. The second-order valence-electron chi connectivity index (χ2n) is 5.55. The van der Waals surface area contributed by atoms with Crippen LogP contribution in [0.1, 0.15) is 51.0 Å². The van der Waals surface area contributed by atoms with E-state index in [4.69, 9.17) is 16.3 Å². The number of Topliss-reactive ketones (excluding diaryl/α,β-unsaturated/α-hetero) is 1. The van der Waals surface area contributed by atoms with E-state index in [1.54, 1.807) is 19.1 Å². The Kier molecular flexibility index (Phi) is 7.44. The Morgan fingerprint density at radius 2 is 1.76 bits per heavy atom. The summed E-state index contributed by atoms with van der Waals surface area (Å²) < 4.78 is 4.90. The fraction of sp³-hybridized carbons (Fsp3) is 0.529. The van der Waals surface area contributed by atoms with Crippen LogP contribution in [-0.2, 0) is 14.3 Å². The highest BCUT2D eigenvalue weighted by Crippen LogP contribution is 2.27. The van der Waals surface area contributed by atoms with Crippen LogP contribution in [0.5, 0.6) is 0 Å². The van der Waals surface area contributed by atoms with E-state index in [1.807, 2.05) is 12.1 Å². The highest BCUT2D eigenvalue weighted by Gasteiger charge is 2.22. The molecule has 1 rings (SSSR count). The van der Waals surface area contributed by atoms with Crippen LogP contribution in [-0.4, -0.2) is 18.9 Å². The molecule has 0 radical (unpaired) electrons. The average molecular weight is 311 g/mol. The van der Waals surface area contributed by atoms with Crippen molar-refractivity contribution in [3.63, 3.8) is 0 Å². The van der Waals surface area contributed by atoms with Crippen molar-refractivity contribution in [1.29, 1.82) is 0 Å². The number of esters is 1. The highest BCUT2D eigenvalue weighted by molar-refractivity contribution is 6.30. The number of rotatable bonds is 8. The molecule has 1 aromatic carbocycles. The number of hydrogen-bond donors (Lipinski definition) is 0. The first-order valence-electron chi connectivity index (χ1n) is 7.26. The first kappa shape index (κ1) is 17.7. The molecule has 0 N–H and O–H groups in total. The van der Waals surface area contributed by atoms with Crippen LogP contribution in [0.2, 0.25) is 5.02 Å². The highest BCUT2D eigenvalue weighted by atomic mass is 35.5. The van der Waals surface area contributed by atoms with Crippen molar-refractivity contribution in [2.75, 3.05) is 7.11 Å². The maximum atomic E-state index is 12.0. The molecular weight excluding hydrogens is 288 g/mol. The van der Waals surface area contributed by atoms with Crippen molar-refractivity contribution < 1.29 is 14.3 Å². The number of carbonyl (C=O) groups is 2. The quantitative estimate of drug-likeness (QED) is 0.669. The molecule has 0 amide bonds. The summed E-state index contributed by atoms with van der Waals surface area (Å²) in [6, 6.07) is 7.30. The second-order valence-corrected chi connectivity index (χ2v) is 5.99. The van der Waals surface area contributed by atoms with Gasteiger partial charge in [0.2, 0.25) is 0 Å². The molecule has 0 fully saturated rings. The first-order chi connectivity index (χ1) is 9.93. The lowest BCUT2D eigenvalue weighted by Gasteiger charge is -2.17. The van der Waals surface area contributed by atoms with Crippen LogP contribution in [0.25, 0.3) is 0 Å². The van der Waals surface area contributed by atoms with Gasteiger partial charge < -0.3 is 9.53 Å². The minimum Gasteiger partial charge on any atom is -0.469 e. The summed E-state index contributed by atoms with van der Waals surface area (Å²) in [7, 11) is 1.41. The molecule has 116 valence electrons. The van der Waals surface area contributed by atoms with Crippen molar-refractivity contribution in [3.8, 4) is 0 Å². The van der Waals surface area contributed by atoms with Gasteiger partial charge in [0.15, 0.2) is 0 Å². The number of halogens is 1. The van der Waals surface area contributed by atoms with Gasteiger partial charge in [0.05, 0.1) is 13.0 Å². The molecule has 0 saturated carbocycles. The summed E-state index contributed by atoms with van der Waals surface area (Å²) in [5, 5.41) is 0.650. The Bertz CT molecular complexity index is 467. The van der Waals surface area contributed by atoms with E-state index >= 15 is 0 Å². The van der Waals surface area contributed by atoms with E-state index in [-0.39, 0.29) is 17.7 Å². The van der Waals surface area contributed by atoms with Crippen LogP contribution in [0.4, 0.5) is 0 Å². The van der Waals surface area contributed by atoms with Crippen LogP contribution in [0.3, 0.4) is 0 Å². The molecule has 0 heterocycles. The number of benzene rings is 1. The molecule has 0 aliphatic heterocycles. The van der Waals surface area contributed by atoms with Gasteiger partial charge in [-0.05, 0) is 49.8 Å². The number of ether oxygens (including phenoxy) is 1. The minimum absolute atomic E-state index is 0.212. The molecule has 0 saturated heterocycles. The maximum Gasteiger partial charge on any atom is 0.313 e. The van der Waals surface area contributed by atoms with Crippen molar-refractivity contribution in [2.24, 2.45) is 5.92 Å². The predicted octanol–water partition coefficient (Wildman–Crippen LogP) is 4.38. The molecule has 0 aliphatic carbocycles. The summed E-state index contributed by atoms with van der Waals surface area (Å²) in [6.45, 7) is 3.72. The number of ketones is 1. The summed E-state index contributed by atoms with van der Waals surface area (Å²) in [5.74, 6) is 0.126. The summed E-state index contributed by atoms with van der Waals surface area (Å²) in [5.41, 5.74) is 0.921. The topological polar surface area (TPSA) is 43.4 Å². The molecule has 1 aromatic rings. The fourth-order valence-electron chi connectivity index (χ4n) is 2.30. The molecule has 4 heteroatoms. The third-order valence-corrected chi connectivity index (χ3v) is 3.95. The van der Waals surface area contributed by atoms with Crippen molar-refractivity contribution in [1.82, 2.24) is 0 Å². The van der Waals surface area contributed by atoms with Crippen LogP contribution in [0, 0.1) is 5.92 Å². The van der Waals surface area contributed by atoms with Crippen molar-refractivity contribution >= 4 is 23.4 Å². The first-order valence-corrected chi connectivity index (χ1v) is 7.64. The minimum atomic E-state index is -0.271. The Hall–Kier alpha value is -1.35. The normalized spacial score (nSPS) is 13.5. The molecule has 0 bridgehead atoms. The zero-order valence-corrected chi connectivity index (χ0v) is 13.7. The van der Waals surface area contributed by atoms with E-state index in [2.05, 4.69) is 6.92 Å². The summed E-state index contributed by atoms with van der Waals surface area (Å²) in [4.78, 5) is 23.0. The van der Waals surface area contributed by atoms with E-state index in [0.29, 0.717) is 23.8 Å². The third kappa shape index (κ3) is 6.30. The van der Waals surface area contributed by atoms with Gasteiger partial charge in [-0.25, -0.2) is 0 Å². The molecule has 0 spiro atoms. The van der Waals surface area contributed by atoms with Crippen LogP contribution >= 0.6 is 11.6 Å². The molecule has 0 unspecified atom stereocenters. The largest absolute Gasteiger partial charge is 0.469 e. The van der Waals surface area contributed by atoms with Crippen LogP contribution in [0.15, 0.2) is 24.3 Å². The van der Waals surface area contributed by atoms with E-state index in [9.17, 15) is 9.59 Å². The van der Waals surface area contributed by atoms with Crippen LogP contribution < -0.4 is 0 Å².